The first-order chi connectivity index (χ1) is 8.78. The highest BCUT2D eigenvalue weighted by molar-refractivity contribution is 14.1. The van der Waals surface area contributed by atoms with Crippen LogP contribution in [-0.2, 0) is 6.54 Å². The second-order valence-electron chi connectivity index (χ2n) is 5.16. The van der Waals surface area contributed by atoms with Crippen molar-refractivity contribution >= 4 is 22.6 Å². The van der Waals surface area contributed by atoms with Gasteiger partial charge >= 0.3 is 0 Å². The lowest BCUT2D eigenvalue weighted by Gasteiger charge is -2.25. The van der Waals surface area contributed by atoms with Crippen molar-refractivity contribution in [3.63, 3.8) is 0 Å². The molecule has 1 fully saturated rings. The highest BCUT2D eigenvalue weighted by atomic mass is 127. The molecule has 0 aliphatic carbocycles. The minimum absolute atomic E-state index is 0.708. The van der Waals surface area contributed by atoms with Gasteiger partial charge in [-0.2, -0.15) is 0 Å². The molecule has 0 amide bonds. The molecule has 1 saturated heterocycles. The summed E-state index contributed by atoms with van der Waals surface area (Å²) in [6.45, 7) is 6.95. The molecule has 0 radical (unpaired) electrons. The van der Waals surface area contributed by atoms with Crippen molar-refractivity contribution in [2.24, 2.45) is 0 Å². The first-order valence-corrected chi connectivity index (χ1v) is 8.06. The Kier molecular flexibility index (Phi) is 5.92. The standard InChI is InChI=1S/C15H23IN2/c1-2-9-18(12-15-7-4-8-17-15)11-13-5-3-6-14(16)10-13/h3,5-6,10,15,17H,2,4,7-9,11-12H2,1H3. The molecule has 2 rings (SSSR count). The van der Waals surface area contributed by atoms with E-state index in [9.17, 15) is 0 Å². The Bertz CT molecular complexity index is 361. The van der Waals surface area contributed by atoms with Crippen molar-refractivity contribution in [2.45, 2.75) is 38.8 Å². The predicted molar refractivity (Wildman–Crippen MR) is 85.8 cm³/mol. The summed E-state index contributed by atoms with van der Waals surface area (Å²) in [6.07, 6.45) is 3.91. The van der Waals surface area contributed by atoms with E-state index in [-0.39, 0.29) is 0 Å². The van der Waals surface area contributed by atoms with Gasteiger partial charge in [-0.25, -0.2) is 0 Å². The summed E-state index contributed by atoms with van der Waals surface area (Å²) < 4.78 is 1.33. The van der Waals surface area contributed by atoms with Crippen LogP contribution in [0.5, 0.6) is 0 Å². The number of nitrogens with one attached hydrogen (secondary N) is 1. The average Bonchev–Trinajstić information content (AvgIpc) is 2.82. The van der Waals surface area contributed by atoms with Gasteiger partial charge in [-0.3, -0.25) is 4.90 Å². The number of nitrogens with zero attached hydrogens (tertiary/aromatic N) is 1. The van der Waals surface area contributed by atoms with Gasteiger partial charge in [-0.15, -0.1) is 0 Å². The molecule has 0 aromatic heterocycles. The number of rotatable bonds is 6. The van der Waals surface area contributed by atoms with E-state index < -0.39 is 0 Å². The van der Waals surface area contributed by atoms with E-state index in [0.29, 0.717) is 6.04 Å². The first-order valence-electron chi connectivity index (χ1n) is 6.98. The minimum Gasteiger partial charge on any atom is -0.313 e. The van der Waals surface area contributed by atoms with E-state index in [1.807, 2.05) is 0 Å². The number of halogens is 1. The fraction of sp³-hybridized carbons (Fsp3) is 0.600. The van der Waals surface area contributed by atoms with E-state index >= 15 is 0 Å². The van der Waals surface area contributed by atoms with Crippen LogP contribution in [0.2, 0.25) is 0 Å². The maximum absolute atomic E-state index is 3.60. The van der Waals surface area contributed by atoms with Crippen molar-refractivity contribution in [1.29, 1.82) is 0 Å². The van der Waals surface area contributed by atoms with Gasteiger partial charge in [-0.1, -0.05) is 19.1 Å². The normalized spacial score (nSPS) is 19.6. The second kappa shape index (κ2) is 7.46. The van der Waals surface area contributed by atoms with Crippen molar-refractivity contribution in [1.82, 2.24) is 10.2 Å². The van der Waals surface area contributed by atoms with E-state index in [1.165, 1.54) is 48.0 Å². The Morgan fingerprint density at radius 1 is 1.44 bits per heavy atom. The van der Waals surface area contributed by atoms with Crippen LogP contribution in [0, 0.1) is 3.57 Å². The van der Waals surface area contributed by atoms with Gasteiger partial charge in [0.05, 0.1) is 0 Å². The molecule has 2 nitrogen and oxygen atoms in total. The fourth-order valence-electron chi connectivity index (χ4n) is 2.67. The van der Waals surface area contributed by atoms with Gasteiger partial charge in [0.15, 0.2) is 0 Å². The third-order valence-corrected chi connectivity index (χ3v) is 4.15. The molecule has 18 heavy (non-hydrogen) atoms. The maximum Gasteiger partial charge on any atom is 0.0234 e. The van der Waals surface area contributed by atoms with Gasteiger partial charge in [0.25, 0.3) is 0 Å². The number of benzene rings is 1. The summed E-state index contributed by atoms with van der Waals surface area (Å²) in [6, 6.07) is 9.57. The summed E-state index contributed by atoms with van der Waals surface area (Å²) in [5.41, 5.74) is 1.44. The van der Waals surface area contributed by atoms with Crippen LogP contribution in [0.1, 0.15) is 31.7 Å². The number of hydrogen-bond donors (Lipinski definition) is 1. The Hall–Kier alpha value is -0.130. The lowest BCUT2D eigenvalue weighted by molar-refractivity contribution is 0.241. The molecular formula is C15H23IN2. The predicted octanol–water partition coefficient (Wildman–Crippen LogP) is 3.26. The molecule has 1 aliphatic heterocycles. The Morgan fingerprint density at radius 3 is 3.00 bits per heavy atom. The zero-order chi connectivity index (χ0) is 12.8. The van der Waals surface area contributed by atoms with Crippen LogP contribution in [0.25, 0.3) is 0 Å². The summed E-state index contributed by atoms with van der Waals surface area (Å²) in [4.78, 5) is 2.59. The monoisotopic (exact) mass is 358 g/mol. The van der Waals surface area contributed by atoms with Crippen molar-refractivity contribution in [3.05, 3.63) is 33.4 Å². The molecule has 1 unspecified atom stereocenters. The van der Waals surface area contributed by atoms with Crippen LogP contribution in [0.3, 0.4) is 0 Å². The minimum atomic E-state index is 0.708. The summed E-state index contributed by atoms with van der Waals surface area (Å²) in [5.74, 6) is 0. The Morgan fingerprint density at radius 2 is 2.33 bits per heavy atom. The zero-order valence-electron chi connectivity index (χ0n) is 11.2. The lowest BCUT2D eigenvalue weighted by atomic mass is 10.1. The van der Waals surface area contributed by atoms with Crippen molar-refractivity contribution in [2.75, 3.05) is 19.6 Å². The third-order valence-electron chi connectivity index (χ3n) is 3.48. The lowest BCUT2D eigenvalue weighted by Crippen LogP contribution is -2.37. The molecular weight excluding hydrogens is 335 g/mol. The molecule has 1 aromatic carbocycles. The van der Waals surface area contributed by atoms with Crippen LogP contribution in [0.15, 0.2) is 24.3 Å². The molecule has 100 valence electrons. The molecule has 1 aromatic rings. The molecule has 1 atom stereocenters. The van der Waals surface area contributed by atoms with Crippen LogP contribution < -0.4 is 5.32 Å². The molecule has 1 heterocycles. The maximum atomic E-state index is 3.60. The molecule has 3 heteroatoms. The smallest absolute Gasteiger partial charge is 0.0234 e. The first kappa shape index (κ1) is 14.3. The van der Waals surface area contributed by atoms with E-state index in [1.54, 1.807) is 0 Å². The zero-order valence-corrected chi connectivity index (χ0v) is 13.3. The molecule has 1 aliphatic rings. The van der Waals surface area contributed by atoms with Gasteiger partial charge in [0, 0.05) is 22.7 Å². The topological polar surface area (TPSA) is 15.3 Å². The highest BCUT2D eigenvalue weighted by Crippen LogP contribution is 2.13. The molecule has 0 spiro atoms. The quantitative estimate of drug-likeness (QED) is 0.786. The number of hydrogen-bond acceptors (Lipinski definition) is 2. The van der Waals surface area contributed by atoms with Gasteiger partial charge in [-0.05, 0) is 72.6 Å². The van der Waals surface area contributed by atoms with E-state index in [0.717, 1.165) is 6.54 Å². The van der Waals surface area contributed by atoms with E-state index in [4.69, 9.17) is 0 Å². The molecule has 0 saturated carbocycles. The molecule has 1 N–H and O–H groups in total. The Labute approximate surface area is 124 Å². The fourth-order valence-corrected chi connectivity index (χ4v) is 3.28. The largest absolute Gasteiger partial charge is 0.313 e. The van der Waals surface area contributed by atoms with Crippen LogP contribution in [-0.4, -0.2) is 30.6 Å². The van der Waals surface area contributed by atoms with Crippen LogP contribution in [0.4, 0.5) is 0 Å². The SMILES string of the molecule is CCCN(Cc1cccc(I)c1)CC1CCCN1. The summed E-state index contributed by atoms with van der Waals surface area (Å²) >= 11 is 2.39. The van der Waals surface area contributed by atoms with Crippen molar-refractivity contribution in [3.8, 4) is 0 Å². The summed E-state index contributed by atoms with van der Waals surface area (Å²) in [5, 5.41) is 3.60. The van der Waals surface area contributed by atoms with Gasteiger partial charge in [0.1, 0.15) is 0 Å². The van der Waals surface area contributed by atoms with Crippen molar-refractivity contribution < 1.29 is 0 Å². The van der Waals surface area contributed by atoms with E-state index in [2.05, 4.69) is 64.0 Å². The third kappa shape index (κ3) is 4.52. The van der Waals surface area contributed by atoms with Crippen LogP contribution >= 0.6 is 22.6 Å². The van der Waals surface area contributed by atoms with Gasteiger partial charge < -0.3 is 5.32 Å². The van der Waals surface area contributed by atoms with Gasteiger partial charge in [0.2, 0.25) is 0 Å². The molecule has 0 bridgehead atoms. The second-order valence-corrected chi connectivity index (χ2v) is 6.40. The Balaban J connectivity index is 1.92. The highest BCUT2D eigenvalue weighted by Gasteiger charge is 2.17. The average molecular weight is 358 g/mol. The summed E-state index contributed by atoms with van der Waals surface area (Å²) in [7, 11) is 0.